The first-order valence-corrected chi connectivity index (χ1v) is 19.1. The van der Waals surface area contributed by atoms with Crippen LogP contribution in [0.2, 0.25) is 0 Å². The lowest BCUT2D eigenvalue weighted by atomic mass is 9.81. The average molecular weight is 751 g/mol. The molecule has 0 saturated carbocycles. The van der Waals surface area contributed by atoms with Crippen LogP contribution in [0, 0.1) is 0 Å². The van der Waals surface area contributed by atoms with Gasteiger partial charge in [-0.15, -0.1) is 10.2 Å². The predicted molar refractivity (Wildman–Crippen MR) is 211 cm³/mol. The zero-order valence-electron chi connectivity index (χ0n) is 33.2. The van der Waals surface area contributed by atoms with Crippen molar-refractivity contribution in [2.24, 2.45) is 0 Å². The Hall–Kier alpha value is -5.21. The Morgan fingerprint density at radius 3 is 2.42 bits per heavy atom. The summed E-state index contributed by atoms with van der Waals surface area (Å²) >= 11 is 0. The Morgan fingerprint density at radius 1 is 1.00 bits per heavy atom. The van der Waals surface area contributed by atoms with Crippen molar-refractivity contribution in [2.45, 2.75) is 89.8 Å². The zero-order chi connectivity index (χ0) is 39.5. The lowest BCUT2D eigenvalue weighted by molar-refractivity contribution is -0.111. The van der Waals surface area contributed by atoms with Crippen LogP contribution in [0.25, 0.3) is 5.65 Å². The number of carbonyl (C=O) groups is 3. The highest BCUT2D eigenvalue weighted by atomic mass is 16.5. The molecule has 1 aliphatic carbocycles. The number of rotatable bonds is 12. The molecule has 292 valence electrons. The standard InChI is InChI=1S/C41H54N10O4/c1-9-27(10-2)36-48-47-34-16-15-28(24-51(34)36)55-31-17-18-41(26-52,30-14-12-11-13-29(30)31)46-38(54)45-33-23-32(39(3,4)5)43-35(44-33)37(53)42-25-40(6,7)50-21-19-49(8)20-22-50/h11-18,23-24,26-27,31H,9-10,19-22,25H2,1-8H3,(H,42,53)(H2,43,44,45,46,54)/t31-,41-/m1/s1. The minimum absolute atomic E-state index is 0.0541. The van der Waals surface area contributed by atoms with Crippen LogP contribution >= 0.6 is 0 Å². The summed E-state index contributed by atoms with van der Waals surface area (Å²) in [5.41, 5.74) is 0.358. The lowest BCUT2D eigenvalue weighted by Crippen LogP contribution is -2.57. The van der Waals surface area contributed by atoms with Gasteiger partial charge in [0.25, 0.3) is 5.91 Å². The summed E-state index contributed by atoms with van der Waals surface area (Å²) in [7, 11) is 2.11. The third kappa shape index (κ3) is 8.55. The van der Waals surface area contributed by atoms with Crippen molar-refractivity contribution in [3.05, 3.63) is 89.3 Å². The van der Waals surface area contributed by atoms with Crippen LogP contribution in [0.15, 0.2) is 60.8 Å². The van der Waals surface area contributed by atoms with Crippen molar-refractivity contribution in [3.63, 3.8) is 0 Å². The minimum atomic E-state index is -1.50. The average Bonchev–Trinajstić information content (AvgIpc) is 3.58. The number of benzene rings is 1. The fourth-order valence-electron chi connectivity index (χ4n) is 7.17. The number of ether oxygens (including phenoxy) is 1. The Bertz CT molecular complexity index is 2060. The van der Waals surface area contributed by atoms with Gasteiger partial charge in [-0.3, -0.25) is 24.2 Å². The number of likely N-dealkylation sites (N-methyl/N-ethyl adjacent to an activating group) is 1. The van der Waals surface area contributed by atoms with E-state index in [4.69, 9.17) is 4.74 Å². The third-order valence-electron chi connectivity index (χ3n) is 10.7. The SMILES string of the molecule is CCC(CC)c1nnc2ccc(O[C@@H]3C=C[C@](C=O)(NC(=O)Nc4cc(C(C)(C)C)nc(C(=O)NCC(C)(C)N5CCN(C)CC5)n4)c4ccccc43)cn12. The van der Waals surface area contributed by atoms with Gasteiger partial charge in [-0.05, 0) is 63.6 Å². The number of carbonyl (C=O) groups excluding carboxylic acids is 3. The molecule has 1 fully saturated rings. The largest absolute Gasteiger partial charge is 0.480 e. The molecule has 1 aromatic carbocycles. The van der Waals surface area contributed by atoms with E-state index in [0.29, 0.717) is 29.8 Å². The van der Waals surface area contributed by atoms with Gasteiger partial charge in [-0.2, -0.15) is 0 Å². The van der Waals surface area contributed by atoms with E-state index in [9.17, 15) is 14.4 Å². The van der Waals surface area contributed by atoms with E-state index in [1.807, 2.05) is 61.7 Å². The number of nitrogens with zero attached hydrogens (tertiary/aromatic N) is 7. The molecule has 2 atom stereocenters. The molecule has 0 spiro atoms. The number of fused-ring (bicyclic) bond motifs is 2. The van der Waals surface area contributed by atoms with Gasteiger partial charge < -0.3 is 20.3 Å². The second kappa shape index (κ2) is 15.9. The van der Waals surface area contributed by atoms with Crippen molar-refractivity contribution in [3.8, 4) is 5.75 Å². The highest BCUT2D eigenvalue weighted by Gasteiger charge is 2.39. The maximum atomic E-state index is 13.7. The molecule has 55 heavy (non-hydrogen) atoms. The summed E-state index contributed by atoms with van der Waals surface area (Å²) in [4.78, 5) is 53.9. The molecule has 3 amide bonds. The molecule has 1 saturated heterocycles. The Balaban J connectivity index is 1.20. The van der Waals surface area contributed by atoms with Crippen molar-refractivity contribution in [1.29, 1.82) is 0 Å². The summed E-state index contributed by atoms with van der Waals surface area (Å²) in [5, 5.41) is 17.4. The van der Waals surface area contributed by atoms with Gasteiger partial charge in [-0.25, -0.2) is 14.8 Å². The molecule has 2 aliphatic rings. The summed E-state index contributed by atoms with van der Waals surface area (Å²) in [6.45, 7) is 18.6. The van der Waals surface area contributed by atoms with Crippen LogP contribution in [-0.2, 0) is 15.7 Å². The smallest absolute Gasteiger partial charge is 0.321 e. The summed E-state index contributed by atoms with van der Waals surface area (Å²) in [5.74, 6) is 1.40. The van der Waals surface area contributed by atoms with Crippen LogP contribution in [-0.4, -0.2) is 97.9 Å². The molecule has 3 N–H and O–H groups in total. The van der Waals surface area contributed by atoms with E-state index in [-0.39, 0.29) is 23.1 Å². The fraction of sp³-hybridized carbons (Fsp3) is 0.488. The summed E-state index contributed by atoms with van der Waals surface area (Å²) < 4.78 is 8.46. The molecular weight excluding hydrogens is 697 g/mol. The van der Waals surface area contributed by atoms with E-state index in [1.165, 1.54) is 0 Å². The first-order valence-electron chi connectivity index (χ1n) is 19.1. The van der Waals surface area contributed by atoms with Crippen molar-refractivity contribution in [2.75, 3.05) is 45.1 Å². The van der Waals surface area contributed by atoms with E-state index in [0.717, 1.165) is 56.1 Å². The molecular formula is C41H54N10O4. The maximum absolute atomic E-state index is 13.7. The molecule has 14 heteroatoms. The number of aromatic nitrogens is 5. The van der Waals surface area contributed by atoms with Gasteiger partial charge in [-0.1, -0.05) is 58.9 Å². The molecule has 4 aromatic rings. The number of piperazine rings is 1. The number of hydrogen-bond donors (Lipinski definition) is 3. The monoisotopic (exact) mass is 750 g/mol. The minimum Gasteiger partial charge on any atom is -0.480 e. The molecule has 1 aliphatic heterocycles. The normalized spacial score (nSPS) is 19.3. The van der Waals surface area contributed by atoms with Gasteiger partial charge in [0, 0.05) is 61.2 Å². The van der Waals surface area contributed by atoms with Gasteiger partial charge in [0.2, 0.25) is 5.82 Å². The highest BCUT2D eigenvalue weighted by Crippen LogP contribution is 2.37. The molecule has 6 rings (SSSR count). The molecule has 0 unspecified atom stereocenters. The third-order valence-corrected chi connectivity index (χ3v) is 10.7. The van der Waals surface area contributed by atoms with Crippen LogP contribution in [0.3, 0.4) is 0 Å². The lowest BCUT2D eigenvalue weighted by Gasteiger charge is -2.43. The number of urea groups is 1. The quantitative estimate of drug-likeness (QED) is 0.127. The van der Waals surface area contributed by atoms with Gasteiger partial charge in [0.15, 0.2) is 11.9 Å². The molecule has 3 aromatic heterocycles. The van der Waals surface area contributed by atoms with Crippen molar-refractivity contribution < 1.29 is 19.1 Å². The summed E-state index contributed by atoms with van der Waals surface area (Å²) in [6, 6.07) is 12.0. The number of hydrogen-bond acceptors (Lipinski definition) is 10. The van der Waals surface area contributed by atoms with Crippen LogP contribution in [0.5, 0.6) is 5.75 Å². The Kier molecular flexibility index (Phi) is 11.4. The zero-order valence-corrected chi connectivity index (χ0v) is 33.2. The van der Waals surface area contributed by atoms with E-state index in [2.05, 4.69) is 80.7 Å². The van der Waals surface area contributed by atoms with Crippen molar-refractivity contribution in [1.82, 2.24) is 45.0 Å². The van der Waals surface area contributed by atoms with Gasteiger partial charge in [0.1, 0.15) is 29.0 Å². The predicted octanol–water partition coefficient (Wildman–Crippen LogP) is 5.38. The Labute approximate surface area is 323 Å². The van der Waals surface area contributed by atoms with Crippen LogP contribution < -0.4 is 20.7 Å². The Morgan fingerprint density at radius 2 is 1.73 bits per heavy atom. The molecule has 4 heterocycles. The highest BCUT2D eigenvalue weighted by molar-refractivity contribution is 5.94. The van der Waals surface area contributed by atoms with E-state index < -0.39 is 29.0 Å². The van der Waals surface area contributed by atoms with E-state index in [1.54, 1.807) is 24.3 Å². The topological polar surface area (TPSA) is 159 Å². The number of aldehydes is 1. The molecule has 0 bridgehead atoms. The van der Waals surface area contributed by atoms with Crippen LogP contribution in [0.1, 0.15) is 107 Å². The second-order valence-electron chi connectivity index (χ2n) is 16.2. The van der Waals surface area contributed by atoms with Crippen LogP contribution in [0.4, 0.5) is 10.6 Å². The first-order chi connectivity index (χ1) is 26.2. The number of pyridine rings is 1. The van der Waals surface area contributed by atoms with Crippen molar-refractivity contribution >= 4 is 29.7 Å². The fourth-order valence-corrected chi connectivity index (χ4v) is 7.17. The van der Waals surface area contributed by atoms with Gasteiger partial charge >= 0.3 is 6.03 Å². The molecule has 0 radical (unpaired) electrons. The van der Waals surface area contributed by atoms with E-state index >= 15 is 0 Å². The first kappa shape index (κ1) is 39.5. The summed E-state index contributed by atoms with van der Waals surface area (Å²) in [6.07, 6.45) is 7.34. The second-order valence-corrected chi connectivity index (χ2v) is 16.2. The number of amides is 3. The maximum Gasteiger partial charge on any atom is 0.321 e. The molecule has 14 nitrogen and oxygen atoms in total. The number of anilines is 1. The van der Waals surface area contributed by atoms with Gasteiger partial charge in [0.05, 0.1) is 11.9 Å². The number of nitrogens with one attached hydrogen (secondary N) is 3.